The third-order valence-corrected chi connectivity index (χ3v) is 4.85. The molecule has 3 heteroatoms. The summed E-state index contributed by atoms with van der Waals surface area (Å²) in [5.74, 6) is 1.44. The predicted octanol–water partition coefficient (Wildman–Crippen LogP) is 4.32. The van der Waals surface area contributed by atoms with Crippen LogP contribution >= 0.6 is 27.3 Å². The van der Waals surface area contributed by atoms with Gasteiger partial charge in [0.15, 0.2) is 0 Å². The van der Waals surface area contributed by atoms with Gasteiger partial charge in [-0.2, -0.15) is 0 Å². The fourth-order valence-corrected chi connectivity index (χ4v) is 3.39. The molecule has 0 saturated heterocycles. The van der Waals surface area contributed by atoms with Crippen LogP contribution in [0.15, 0.2) is 15.9 Å². The van der Waals surface area contributed by atoms with Crippen LogP contribution in [0.4, 0.5) is 0 Å². The number of nitrogens with one attached hydrogen (secondary N) is 1. The van der Waals surface area contributed by atoms with Crippen LogP contribution in [0.25, 0.3) is 0 Å². The van der Waals surface area contributed by atoms with Crippen molar-refractivity contribution in [2.75, 3.05) is 6.54 Å². The largest absolute Gasteiger partial charge is 0.314 e. The monoisotopic (exact) mass is 303 g/mol. The highest BCUT2D eigenvalue weighted by Crippen LogP contribution is 2.25. The van der Waals surface area contributed by atoms with Gasteiger partial charge >= 0.3 is 0 Å². The van der Waals surface area contributed by atoms with E-state index >= 15 is 0 Å². The molecule has 0 saturated carbocycles. The third-order valence-electron chi connectivity index (χ3n) is 3.20. The van der Waals surface area contributed by atoms with Crippen LogP contribution in [0.1, 0.15) is 32.6 Å². The SMILES string of the molecule is CCNC(Cc1ccc(Br)s1)C(C)C(C)C. The quantitative estimate of drug-likeness (QED) is 0.825. The zero-order chi connectivity index (χ0) is 12.1. The van der Waals surface area contributed by atoms with Crippen LogP contribution in [-0.2, 0) is 6.42 Å². The molecule has 0 aliphatic rings. The molecule has 1 heterocycles. The Morgan fingerprint density at radius 3 is 2.44 bits per heavy atom. The van der Waals surface area contributed by atoms with Gasteiger partial charge in [0.1, 0.15) is 0 Å². The van der Waals surface area contributed by atoms with Crippen molar-refractivity contribution in [3.63, 3.8) is 0 Å². The van der Waals surface area contributed by atoms with Gasteiger partial charge in [-0.1, -0.05) is 27.7 Å². The lowest BCUT2D eigenvalue weighted by atomic mass is 9.88. The first kappa shape index (κ1) is 14.2. The van der Waals surface area contributed by atoms with E-state index < -0.39 is 0 Å². The molecule has 92 valence electrons. The molecule has 0 aliphatic carbocycles. The minimum Gasteiger partial charge on any atom is -0.314 e. The van der Waals surface area contributed by atoms with E-state index in [1.807, 2.05) is 11.3 Å². The van der Waals surface area contributed by atoms with Crippen molar-refractivity contribution in [3.8, 4) is 0 Å². The highest BCUT2D eigenvalue weighted by molar-refractivity contribution is 9.11. The Labute approximate surface area is 112 Å². The Balaban J connectivity index is 2.63. The molecule has 0 aliphatic heterocycles. The normalized spacial score (nSPS) is 15.4. The first-order chi connectivity index (χ1) is 7.54. The van der Waals surface area contributed by atoms with E-state index in [-0.39, 0.29) is 0 Å². The molecule has 0 spiro atoms. The van der Waals surface area contributed by atoms with Gasteiger partial charge in [-0.3, -0.25) is 0 Å². The number of likely N-dealkylation sites (N-methyl/N-ethyl adjacent to an activating group) is 1. The van der Waals surface area contributed by atoms with E-state index in [9.17, 15) is 0 Å². The Kier molecular flexibility index (Phi) is 6.01. The molecule has 0 aromatic carbocycles. The van der Waals surface area contributed by atoms with Gasteiger partial charge < -0.3 is 5.32 Å². The van der Waals surface area contributed by atoms with E-state index in [0.717, 1.165) is 18.9 Å². The highest BCUT2D eigenvalue weighted by atomic mass is 79.9. The second-order valence-electron chi connectivity index (χ2n) is 4.68. The molecule has 1 aromatic heterocycles. The molecule has 1 nitrogen and oxygen atoms in total. The van der Waals surface area contributed by atoms with Crippen LogP contribution < -0.4 is 5.32 Å². The number of hydrogen-bond acceptors (Lipinski definition) is 2. The summed E-state index contributed by atoms with van der Waals surface area (Å²) < 4.78 is 1.23. The topological polar surface area (TPSA) is 12.0 Å². The molecule has 0 bridgehead atoms. The van der Waals surface area contributed by atoms with Gasteiger partial charge in [0, 0.05) is 10.9 Å². The minimum atomic E-state index is 0.593. The second kappa shape index (κ2) is 6.77. The van der Waals surface area contributed by atoms with Crippen LogP contribution in [0, 0.1) is 11.8 Å². The highest BCUT2D eigenvalue weighted by Gasteiger charge is 2.20. The molecular formula is C13H22BrNS. The number of rotatable bonds is 6. The van der Waals surface area contributed by atoms with Crippen molar-refractivity contribution in [1.82, 2.24) is 5.32 Å². The Bertz CT molecular complexity index is 309. The maximum Gasteiger partial charge on any atom is 0.0701 e. The summed E-state index contributed by atoms with van der Waals surface area (Å²) in [5.41, 5.74) is 0. The summed E-state index contributed by atoms with van der Waals surface area (Å²) in [4.78, 5) is 1.46. The summed E-state index contributed by atoms with van der Waals surface area (Å²) in [5, 5.41) is 3.61. The van der Waals surface area contributed by atoms with Gasteiger partial charge in [0.25, 0.3) is 0 Å². The maximum absolute atomic E-state index is 3.61. The van der Waals surface area contributed by atoms with E-state index in [4.69, 9.17) is 0 Å². The summed E-state index contributed by atoms with van der Waals surface area (Å²) in [7, 11) is 0. The summed E-state index contributed by atoms with van der Waals surface area (Å²) in [6.07, 6.45) is 1.14. The molecule has 2 atom stereocenters. The predicted molar refractivity (Wildman–Crippen MR) is 77.2 cm³/mol. The molecule has 16 heavy (non-hydrogen) atoms. The van der Waals surface area contributed by atoms with Crippen LogP contribution in [0.3, 0.4) is 0 Å². The van der Waals surface area contributed by atoms with Gasteiger partial charge in [0.05, 0.1) is 3.79 Å². The maximum atomic E-state index is 3.61. The lowest BCUT2D eigenvalue weighted by molar-refractivity contribution is 0.301. The van der Waals surface area contributed by atoms with Crippen molar-refractivity contribution >= 4 is 27.3 Å². The van der Waals surface area contributed by atoms with Crippen LogP contribution in [-0.4, -0.2) is 12.6 Å². The average molecular weight is 304 g/mol. The lowest BCUT2D eigenvalue weighted by Gasteiger charge is -2.27. The van der Waals surface area contributed by atoms with E-state index in [0.29, 0.717) is 12.0 Å². The molecule has 1 N–H and O–H groups in total. The van der Waals surface area contributed by atoms with Crippen molar-refractivity contribution in [3.05, 3.63) is 20.8 Å². The fourth-order valence-electron chi connectivity index (χ4n) is 1.85. The summed E-state index contributed by atoms with van der Waals surface area (Å²) in [6, 6.07) is 4.96. The molecule has 1 aromatic rings. The van der Waals surface area contributed by atoms with Gasteiger partial charge in [-0.15, -0.1) is 11.3 Å². The van der Waals surface area contributed by atoms with Gasteiger partial charge in [-0.05, 0) is 52.9 Å². The summed E-state index contributed by atoms with van der Waals surface area (Å²) in [6.45, 7) is 10.2. The Morgan fingerprint density at radius 1 is 1.31 bits per heavy atom. The molecule has 0 fully saturated rings. The minimum absolute atomic E-state index is 0.593. The average Bonchev–Trinajstić information content (AvgIpc) is 2.62. The zero-order valence-corrected chi connectivity index (χ0v) is 13.0. The fraction of sp³-hybridized carbons (Fsp3) is 0.692. The molecule has 0 amide bonds. The van der Waals surface area contributed by atoms with Crippen molar-refractivity contribution < 1.29 is 0 Å². The summed E-state index contributed by atoms with van der Waals surface area (Å²) >= 11 is 5.37. The third kappa shape index (κ3) is 4.19. The van der Waals surface area contributed by atoms with E-state index in [1.54, 1.807) is 0 Å². The Hall–Kier alpha value is 0.140. The van der Waals surface area contributed by atoms with E-state index in [2.05, 4.69) is 61.1 Å². The molecule has 0 radical (unpaired) electrons. The van der Waals surface area contributed by atoms with E-state index in [1.165, 1.54) is 8.66 Å². The van der Waals surface area contributed by atoms with Crippen LogP contribution in [0.2, 0.25) is 0 Å². The number of thiophene rings is 1. The molecular weight excluding hydrogens is 282 g/mol. The van der Waals surface area contributed by atoms with Gasteiger partial charge in [-0.25, -0.2) is 0 Å². The first-order valence-electron chi connectivity index (χ1n) is 6.02. The standard InChI is InChI=1S/C13H22BrNS/c1-5-15-12(10(4)9(2)3)8-11-6-7-13(14)16-11/h6-7,9-10,12,15H,5,8H2,1-4H3. The smallest absolute Gasteiger partial charge is 0.0701 e. The zero-order valence-electron chi connectivity index (χ0n) is 10.6. The van der Waals surface area contributed by atoms with Crippen LogP contribution in [0.5, 0.6) is 0 Å². The second-order valence-corrected chi connectivity index (χ2v) is 7.22. The number of halogens is 1. The van der Waals surface area contributed by atoms with Crippen molar-refractivity contribution in [2.24, 2.45) is 11.8 Å². The molecule has 2 unspecified atom stereocenters. The lowest BCUT2D eigenvalue weighted by Crippen LogP contribution is -2.38. The first-order valence-corrected chi connectivity index (χ1v) is 7.63. The number of hydrogen-bond donors (Lipinski definition) is 1. The van der Waals surface area contributed by atoms with Crippen molar-refractivity contribution in [2.45, 2.75) is 40.2 Å². The molecule has 1 rings (SSSR count). The Morgan fingerprint density at radius 2 is 2.00 bits per heavy atom. The van der Waals surface area contributed by atoms with Crippen molar-refractivity contribution in [1.29, 1.82) is 0 Å². The van der Waals surface area contributed by atoms with Gasteiger partial charge in [0.2, 0.25) is 0 Å².